The van der Waals surface area contributed by atoms with Crippen LogP contribution in [0.25, 0.3) is 0 Å². The third kappa shape index (κ3) is 3.49. The minimum atomic E-state index is -0.147. The Hall–Kier alpha value is -1.13. The number of hydrogen-bond donors (Lipinski definition) is 1. The largest absolute Gasteiger partial charge is 0.373 e. The van der Waals surface area contributed by atoms with Gasteiger partial charge in [0.1, 0.15) is 5.82 Å². The van der Waals surface area contributed by atoms with E-state index in [2.05, 4.69) is 16.8 Å². The number of halogens is 1. The molecule has 4 heteroatoms. The maximum atomic E-state index is 14.1. The molecule has 1 aromatic rings. The van der Waals surface area contributed by atoms with Crippen molar-refractivity contribution in [1.82, 2.24) is 4.90 Å². The van der Waals surface area contributed by atoms with E-state index in [0.717, 1.165) is 24.3 Å². The molecule has 0 radical (unpaired) electrons. The van der Waals surface area contributed by atoms with Gasteiger partial charge in [0, 0.05) is 36.9 Å². The topological polar surface area (TPSA) is 32.5 Å². The zero-order valence-corrected chi connectivity index (χ0v) is 12.8. The Bertz CT molecular complexity index is 447. The van der Waals surface area contributed by atoms with E-state index in [1.54, 1.807) is 6.07 Å². The molecule has 0 aromatic heterocycles. The van der Waals surface area contributed by atoms with Crippen LogP contribution in [0.2, 0.25) is 0 Å². The highest BCUT2D eigenvalue weighted by atomic mass is 19.1. The van der Waals surface area contributed by atoms with Crippen molar-refractivity contribution in [2.75, 3.05) is 32.1 Å². The maximum Gasteiger partial charge on any atom is 0.128 e. The molecule has 0 saturated carbocycles. The number of hydrogen-bond acceptors (Lipinski definition) is 3. The fraction of sp³-hybridized carbons (Fsp3) is 0.625. The summed E-state index contributed by atoms with van der Waals surface area (Å²) in [5.74, 6) is -0.147. The van der Waals surface area contributed by atoms with E-state index in [0.29, 0.717) is 12.5 Å². The van der Waals surface area contributed by atoms with Crippen LogP contribution in [0.1, 0.15) is 25.3 Å². The fourth-order valence-electron chi connectivity index (χ4n) is 3.05. The van der Waals surface area contributed by atoms with Gasteiger partial charge in [0.2, 0.25) is 0 Å². The smallest absolute Gasteiger partial charge is 0.128 e. The molecule has 0 aliphatic carbocycles. The highest BCUT2D eigenvalue weighted by Crippen LogP contribution is 2.25. The van der Waals surface area contributed by atoms with Crippen molar-refractivity contribution < 1.29 is 4.39 Å². The zero-order valence-electron chi connectivity index (χ0n) is 12.8. The van der Waals surface area contributed by atoms with Gasteiger partial charge in [-0.2, -0.15) is 0 Å². The lowest BCUT2D eigenvalue weighted by molar-refractivity contribution is 0.314. The molecule has 0 bridgehead atoms. The summed E-state index contributed by atoms with van der Waals surface area (Å²) in [5, 5.41) is 0. The van der Waals surface area contributed by atoms with E-state index in [-0.39, 0.29) is 11.9 Å². The summed E-state index contributed by atoms with van der Waals surface area (Å²) in [7, 11) is 4.21. The van der Waals surface area contributed by atoms with Crippen molar-refractivity contribution in [3.8, 4) is 0 Å². The standard InChI is InChI=1S/C16H26FN3/c1-12(18)10-14-15(17)7-4-8-16(14)20(3)11-13-6-5-9-19(13)2/h4,7-8,12-13H,5-6,9-11,18H2,1-3H3. The predicted molar refractivity (Wildman–Crippen MR) is 82.7 cm³/mol. The lowest BCUT2D eigenvalue weighted by Gasteiger charge is -2.29. The summed E-state index contributed by atoms with van der Waals surface area (Å²) < 4.78 is 14.1. The molecular weight excluding hydrogens is 253 g/mol. The molecule has 0 spiro atoms. The molecule has 0 amide bonds. The van der Waals surface area contributed by atoms with Gasteiger partial charge in [0.15, 0.2) is 0 Å². The van der Waals surface area contributed by atoms with Gasteiger partial charge in [0.25, 0.3) is 0 Å². The first kappa shape index (κ1) is 15.3. The Morgan fingerprint density at radius 1 is 1.50 bits per heavy atom. The number of nitrogens with two attached hydrogens (primary N) is 1. The van der Waals surface area contributed by atoms with Gasteiger partial charge in [-0.1, -0.05) is 6.07 Å². The molecule has 1 heterocycles. The van der Waals surface area contributed by atoms with Crippen LogP contribution in [0, 0.1) is 5.82 Å². The predicted octanol–water partition coefficient (Wildman–Crippen LogP) is 2.25. The number of rotatable bonds is 5. The summed E-state index contributed by atoms with van der Waals surface area (Å²) in [6.45, 7) is 4.02. The minimum absolute atomic E-state index is 0.0341. The van der Waals surface area contributed by atoms with Crippen LogP contribution < -0.4 is 10.6 Å². The Morgan fingerprint density at radius 2 is 2.25 bits per heavy atom. The second kappa shape index (κ2) is 6.55. The first-order valence-corrected chi connectivity index (χ1v) is 7.43. The van der Waals surface area contributed by atoms with Crippen LogP contribution in [0.5, 0.6) is 0 Å². The van der Waals surface area contributed by atoms with E-state index in [9.17, 15) is 4.39 Å². The van der Waals surface area contributed by atoms with E-state index in [4.69, 9.17) is 5.73 Å². The van der Waals surface area contributed by atoms with Crippen molar-refractivity contribution in [2.24, 2.45) is 5.73 Å². The Kier molecular flexibility index (Phi) is 5.00. The summed E-state index contributed by atoms with van der Waals surface area (Å²) in [6, 6.07) is 5.83. The van der Waals surface area contributed by atoms with E-state index >= 15 is 0 Å². The first-order chi connectivity index (χ1) is 9.49. The molecule has 2 atom stereocenters. The van der Waals surface area contributed by atoms with Gasteiger partial charge in [0.05, 0.1) is 0 Å². The molecule has 1 saturated heterocycles. The lowest BCUT2D eigenvalue weighted by atomic mass is 10.0. The van der Waals surface area contributed by atoms with Gasteiger partial charge < -0.3 is 15.5 Å². The van der Waals surface area contributed by atoms with Crippen molar-refractivity contribution in [3.63, 3.8) is 0 Å². The van der Waals surface area contributed by atoms with Gasteiger partial charge in [-0.15, -0.1) is 0 Å². The second-order valence-electron chi connectivity index (χ2n) is 6.08. The van der Waals surface area contributed by atoms with Crippen molar-refractivity contribution in [3.05, 3.63) is 29.6 Å². The number of likely N-dealkylation sites (tertiary alicyclic amines) is 1. The zero-order chi connectivity index (χ0) is 14.7. The number of anilines is 1. The normalized spacial score (nSPS) is 21.1. The minimum Gasteiger partial charge on any atom is -0.373 e. The average Bonchev–Trinajstić information content (AvgIpc) is 2.77. The summed E-state index contributed by atoms with van der Waals surface area (Å²) in [5.41, 5.74) is 7.57. The van der Waals surface area contributed by atoms with Crippen molar-refractivity contribution in [1.29, 1.82) is 0 Å². The molecule has 1 aromatic carbocycles. The third-order valence-electron chi connectivity index (χ3n) is 4.19. The molecule has 3 nitrogen and oxygen atoms in total. The maximum absolute atomic E-state index is 14.1. The Labute approximate surface area is 121 Å². The monoisotopic (exact) mass is 279 g/mol. The molecule has 112 valence electrons. The highest BCUT2D eigenvalue weighted by Gasteiger charge is 2.23. The van der Waals surface area contributed by atoms with Crippen LogP contribution >= 0.6 is 0 Å². The molecule has 2 unspecified atom stereocenters. The number of benzene rings is 1. The van der Waals surface area contributed by atoms with Gasteiger partial charge in [-0.3, -0.25) is 0 Å². The summed E-state index contributed by atoms with van der Waals surface area (Å²) >= 11 is 0. The first-order valence-electron chi connectivity index (χ1n) is 7.43. The lowest BCUT2D eigenvalue weighted by Crippen LogP contribution is -2.37. The van der Waals surface area contributed by atoms with Crippen LogP contribution in [0.4, 0.5) is 10.1 Å². The van der Waals surface area contributed by atoms with Gasteiger partial charge >= 0.3 is 0 Å². The SMILES string of the molecule is CC(N)Cc1c(F)cccc1N(C)CC1CCCN1C. The second-order valence-corrected chi connectivity index (χ2v) is 6.08. The van der Waals surface area contributed by atoms with E-state index < -0.39 is 0 Å². The van der Waals surface area contributed by atoms with Crippen LogP contribution in [0.3, 0.4) is 0 Å². The summed E-state index contributed by atoms with van der Waals surface area (Å²) in [4.78, 5) is 4.56. The van der Waals surface area contributed by atoms with Gasteiger partial charge in [-0.25, -0.2) is 4.39 Å². The van der Waals surface area contributed by atoms with E-state index in [1.807, 2.05) is 20.0 Å². The number of likely N-dealkylation sites (N-methyl/N-ethyl adjacent to an activating group) is 2. The molecule has 20 heavy (non-hydrogen) atoms. The molecule has 1 aliphatic heterocycles. The number of nitrogens with zero attached hydrogens (tertiary/aromatic N) is 2. The fourth-order valence-corrected chi connectivity index (χ4v) is 3.05. The van der Waals surface area contributed by atoms with E-state index in [1.165, 1.54) is 18.9 Å². The molecule has 2 rings (SSSR count). The highest BCUT2D eigenvalue weighted by molar-refractivity contribution is 5.54. The van der Waals surface area contributed by atoms with Crippen molar-refractivity contribution in [2.45, 2.75) is 38.3 Å². The van der Waals surface area contributed by atoms with Crippen LogP contribution in [0.15, 0.2) is 18.2 Å². The van der Waals surface area contributed by atoms with Crippen LogP contribution in [-0.2, 0) is 6.42 Å². The quantitative estimate of drug-likeness (QED) is 0.897. The molecule has 1 aliphatic rings. The average molecular weight is 279 g/mol. The van der Waals surface area contributed by atoms with Crippen LogP contribution in [-0.4, -0.2) is 44.2 Å². The third-order valence-corrected chi connectivity index (χ3v) is 4.19. The molecule has 2 N–H and O–H groups in total. The Morgan fingerprint density at radius 3 is 2.85 bits per heavy atom. The molecule has 1 fully saturated rings. The van der Waals surface area contributed by atoms with Gasteiger partial charge in [-0.05, 0) is 51.9 Å². The summed E-state index contributed by atoms with van der Waals surface area (Å²) in [6.07, 6.45) is 3.05. The van der Waals surface area contributed by atoms with Crippen molar-refractivity contribution >= 4 is 5.69 Å². The Balaban J connectivity index is 2.16. The molecular formula is C16H26FN3.